The van der Waals surface area contributed by atoms with Gasteiger partial charge in [-0.2, -0.15) is 0 Å². The number of carbonyl (C=O) groups excluding carboxylic acids is 1. The topological polar surface area (TPSA) is 134 Å². The molecule has 1 amide bonds. The highest BCUT2D eigenvalue weighted by atomic mass is 32.2. The second-order valence-electron chi connectivity index (χ2n) is 5.37. The van der Waals surface area contributed by atoms with Crippen LogP contribution in [0.3, 0.4) is 0 Å². The summed E-state index contributed by atoms with van der Waals surface area (Å²) in [6.07, 6.45) is 0.256. The summed E-state index contributed by atoms with van der Waals surface area (Å²) in [4.78, 5) is 23.2. The Hall–Kier alpha value is -2.56. The zero-order valence-corrected chi connectivity index (χ0v) is 14.7. The molecule has 1 saturated heterocycles. The number of rotatable bonds is 6. The number of hydrogen-bond acceptors (Lipinski definition) is 8. The van der Waals surface area contributed by atoms with Gasteiger partial charge in [0.05, 0.1) is 37.8 Å². The van der Waals surface area contributed by atoms with Crippen LogP contribution in [0.5, 0.6) is 17.2 Å². The quantitative estimate of drug-likeness (QED) is 0.563. The molecular weight excluding hydrogens is 356 g/mol. The van der Waals surface area contributed by atoms with Crippen LogP contribution in [0.2, 0.25) is 0 Å². The molecule has 0 radical (unpaired) electrons. The van der Waals surface area contributed by atoms with Crippen LogP contribution in [0.4, 0.5) is 5.69 Å². The van der Waals surface area contributed by atoms with E-state index in [1.807, 2.05) is 0 Å². The SMILES string of the molecule is COc1cc(C(=O)NC2CCS(=O)(=O)C2)c([N+](=O)[O-])c(OC)c1OC. The van der Waals surface area contributed by atoms with E-state index in [0.717, 1.165) is 6.07 Å². The van der Waals surface area contributed by atoms with Gasteiger partial charge in [-0.1, -0.05) is 0 Å². The molecule has 1 atom stereocenters. The number of sulfone groups is 1. The Labute approximate surface area is 144 Å². The first-order chi connectivity index (χ1) is 11.7. The molecule has 10 nitrogen and oxygen atoms in total. The van der Waals surface area contributed by atoms with Crippen LogP contribution in [0.15, 0.2) is 6.07 Å². The maximum atomic E-state index is 12.5. The molecule has 1 aliphatic rings. The fraction of sp³-hybridized carbons (Fsp3) is 0.500. The van der Waals surface area contributed by atoms with Crippen LogP contribution in [-0.2, 0) is 9.84 Å². The molecule has 25 heavy (non-hydrogen) atoms. The van der Waals surface area contributed by atoms with Gasteiger partial charge in [0.1, 0.15) is 5.56 Å². The number of nitro benzene ring substituents is 1. The molecule has 2 rings (SSSR count). The maximum Gasteiger partial charge on any atom is 0.327 e. The third kappa shape index (κ3) is 3.76. The largest absolute Gasteiger partial charge is 0.493 e. The third-order valence-corrected chi connectivity index (χ3v) is 5.57. The van der Waals surface area contributed by atoms with Gasteiger partial charge in [0.25, 0.3) is 5.91 Å². The van der Waals surface area contributed by atoms with Gasteiger partial charge in [-0.25, -0.2) is 8.42 Å². The van der Waals surface area contributed by atoms with Crippen molar-refractivity contribution in [3.63, 3.8) is 0 Å². The first kappa shape index (κ1) is 18.8. The van der Waals surface area contributed by atoms with E-state index < -0.39 is 32.4 Å². The Morgan fingerprint density at radius 2 is 1.88 bits per heavy atom. The van der Waals surface area contributed by atoms with E-state index in [0.29, 0.717) is 0 Å². The highest BCUT2D eigenvalue weighted by Crippen LogP contribution is 2.46. The molecule has 0 spiro atoms. The number of nitrogens with one attached hydrogen (secondary N) is 1. The van der Waals surface area contributed by atoms with Crippen molar-refractivity contribution in [1.29, 1.82) is 0 Å². The lowest BCUT2D eigenvalue weighted by Gasteiger charge is -2.16. The molecule has 11 heteroatoms. The minimum Gasteiger partial charge on any atom is -0.493 e. The molecule has 0 aliphatic carbocycles. The lowest BCUT2D eigenvalue weighted by atomic mass is 10.1. The highest BCUT2D eigenvalue weighted by Gasteiger charge is 2.35. The maximum absolute atomic E-state index is 12.5. The van der Waals surface area contributed by atoms with Gasteiger partial charge >= 0.3 is 5.69 Å². The molecular formula is C14H18N2O8S. The van der Waals surface area contributed by atoms with Crippen molar-refractivity contribution in [2.45, 2.75) is 12.5 Å². The van der Waals surface area contributed by atoms with Gasteiger partial charge in [0.2, 0.25) is 11.5 Å². The van der Waals surface area contributed by atoms with Crippen LogP contribution in [0.25, 0.3) is 0 Å². The molecule has 0 saturated carbocycles. The normalized spacial score (nSPS) is 18.4. The summed E-state index contributed by atoms with van der Waals surface area (Å²) in [6.45, 7) is 0. The highest BCUT2D eigenvalue weighted by molar-refractivity contribution is 7.91. The molecule has 1 fully saturated rings. The number of carbonyl (C=O) groups is 1. The average molecular weight is 374 g/mol. The van der Waals surface area contributed by atoms with E-state index in [1.165, 1.54) is 21.3 Å². The molecule has 1 aromatic rings. The van der Waals surface area contributed by atoms with Gasteiger partial charge in [-0.15, -0.1) is 0 Å². The Balaban J connectivity index is 2.48. The Kier molecular flexibility index (Phi) is 5.36. The van der Waals surface area contributed by atoms with E-state index in [-0.39, 0.29) is 40.7 Å². The van der Waals surface area contributed by atoms with Crippen LogP contribution >= 0.6 is 0 Å². The monoisotopic (exact) mass is 374 g/mol. The average Bonchev–Trinajstić information content (AvgIpc) is 2.90. The van der Waals surface area contributed by atoms with Gasteiger partial charge < -0.3 is 19.5 Å². The van der Waals surface area contributed by atoms with Gasteiger partial charge in [-0.05, 0) is 6.42 Å². The third-order valence-electron chi connectivity index (χ3n) is 3.80. The number of methoxy groups -OCH3 is 3. The smallest absolute Gasteiger partial charge is 0.327 e. The molecule has 1 aliphatic heterocycles. The molecule has 1 heterocycles. The Morgan fingerprint density at radius 1 is 1.24 bits per heavy atom. The van der Waals surface area contributed by atoms with Crippen LogP contribution in [-0.4, -0.2) is 58.1 Å². The molecule has 138 valence electrons. The second kappa shape index (κ2) is 7.13. The standard InChI is InChI=1S/C14H18N2O8S/c1-22-10-6-9(11(16(18)19)13(24-3)12(10)23-2)14(17)15-8-4-5-25(20,21)7-8/h6,8H,4-5,7H2,1-3H3,(H,15,17). The van der Waals surface area contributed by atoms with E-state index in [9.17, 15) is 23.3 Å². The summed E-state index contributed by atoms with van der Waals surface area (Å²) in [5.41, 5.74) is -0.887. The van der Waals surface area contributed by atoms with Crippen molar-refractivity contribution >= 4 is 21.4 Å². The van der Waals surface area contributed by atoms with Crippen molar-refractivity contribution < 1.29 is 32.3 Å². The van der Waals surface area contributed by atoms with Gasteiger partial charge in [0, 0.05) is 12.1 Å². The molecule has 1 N–H and O–H groups in total. The number of ether oxygens (including phenoxy) is 3. The number of nitro groups is 1. The van der Waals surface area contributed by atoms with Crippen LogP contribution in [0, 0.1) is 10.1 Å². The molecule has 0 aromatic heterocycles. The lowest BCUT2D eigenvalue weighted by Crippen LogP contribution is -2.36. The minimum atomic E-state index is -3.20. The predicted octanol–water partition coefficient (Wildman–Crippen LogP) is 0.538. The van der Waals surface area contributed by atoms with E-state index >= 15 is 0 Å². The first-order valence-corrected chi connectivity index (χ1v) is 9.04. The summed E-state index contributed by atoms with van der Waals surface area (Å²) in [5.74, 6) is -1.21. The van der Waals surface area contributed by atoms with Crippen LogP contribution < -0.4 is 19.5 Å². The van der Waals surface area contributed by atoms with E-state index in [1.54, 1.807) is 0 Å². The zero-order chi connectivity index (χ0) is 18.8. The first-order valence-electron chi connectivity index (χ1n) is 7.22. The number of benzene rings is 1. The molecule has 1 unspecified atom stereocenters. The molecule has 1 aromatic carbocycles. The van der Waals surface area contributed by atoms with Gasteiger partial charge in [0.15, 0.2) is 15.6 Å². The summed E-state index contributed by atoms with van der Waals surface area (Å²) >= 11 is 0. The summed E-state index contributed by atoms with van der Waals surface area (Å²) in [6, 6.07) is 0.564. The van der Waals surface area contributed by atoms with Gasteiger partial charge in [-0.3, -0.25) is 14.9 Å². The number of hydrogen-bond donors (Lipinski definition) is 1. The van der Waals surface area contributed by atoms with Crippen molar-refractivity contribution in [3.05, 3.63) is 21.7 Å². The van der Waals surface area contributed by atoms with E-state index in [4.69, 9.17) is 14.2 Å². The minimum absolute atomic E-state index is 0.0169. The van der Waals surface area contributed by atoms with Crippen molar-refractivity contribution in [1.82, 2.24) is 5.32 Å². The summed E-state index contributed by atoms with van der Waals surface area (Å²) in [5, 5.41) is 14.0. The van der Waals surface area contributed by atoms with Crippen LogP contribution in [0.1, 0.15) is 16.8 Å². The lowest BCUT2D eigenvalue weighted by molar-refractivity contribution is -0.386. The van der Waals surface area contributed by atoms with E-state index in [2.05, 4.69) is 5.32 Å². The Morgan fingerprint density at radius 3 is 2.32 bits per heavy atom. The predicted molar refractivity (Wildman–Crippen MR) is 87.3 cm³/mol. The fourth-order valence-corrected chi connectivity index (χ4v) is 4.34. The summed E-state index contributed by atoms with van der Waals surface area (Å²) in [7, 11) is 0.599. The number of amides is 1. The Bertz CT molecular complexity index is 806. The van der Waals surface area contributed by atoms with Crippen molar-refractivity contribution in [2.75, 3.05) is 32.8 Å². The zero-order valence-electron chi connectivity index (χ0n) is 13.9. The summed E-state index contributed by atoms with van der Waals surface area (Å²) < 4.78 is 38.2. The fourth-order valence-electron chi connectivity index (χ4n) is 2.67. The second-order valence-corrected chi connectivity index (χ2v) is 7.60. The van der Waals surface area contributed by atoms with Crippen molar-refractivity contribution in [3.8, 4) is 17.2 Å². The number of nitrogens with zero attached hydrogens (tertiary/aromatic N) is 1. The van der Waals surface area contributed by atoms with Crippen molar-refractivity contribution in [2.24, 2.45) is 0 Å². The molecule has 0 bridgehead atoms.